The minimum absolute atomic E-state index is 0.250. The summed E-state index contributed by atoms with van der Waals surface area (Å²) in [5.74, 6) is -0.544. The molecular formula is C7H7N3O. The van der Waals surface area contributed by atoms with Crippen molar-refractivity contribution in [3.05, 3.63) is 30.6 Å². The maximum atomic E-state index is 10.6. The number of hydrogen-bond acceptors (Lipinski definition) is 3. The second kappa shape index (κ2) is 2.92. The first-order valence-electron chi connectivity index (χ1n) is 2.97. The van der Waals surface area contributed by atoms with E-state index in [-0.39, 0.29) is 5.57 Å². The van der Waals surface area contributed by atoms with Crippen LogP contribution in [-0.4, -0.2) is 16.1 Å². The van der Waals surface area contributed by atoms with E-state index in [1.807, 2.05) is 0 Å². The second-order valence-electron chi connectivity index (χ2n) is 1.97. The Hall–Kier alpha value is -1.71. The molecule has 0 aliphatic carbocycles. The van der Waals surface area contributed by atoms with Crippen molar-refractivity contribution in [2.24, 2.45) is 5.73 Å². The van der Waals surface area contributed by atoms with E-state index in [1.165, 1.54) is 12.4 Å². The van der Waals surface area contributed by atoms with Crippen molar-refractivity contribution in [1.82, 2.24) is 10.2 Å². The highest BCUT2D eigenvalue weighted by atomic mass is 16.1. The Morgan fingerprint density at radius 1 is 1.55 bits per heavy atom. The van der Waals surface area contributed by atoms with Gasteiger partial charge in [0, 0.05) is 11.1 Å². The number of carbonyl (C=O) groups excluding carboxylic acids is 1. The van der Waals surface area contributed by atoms with E-state index in [0.717, 1.165) is 0 Å². The van der Waals surface area contributed by atoms with Crippen molar-refractivity contribution < 1.29 is 4.79 Å². The van der Waals surface area contributed by atoms with Gasteiger partial charge in [-0.25, -0.2) is 0 Å². The smallest absolute Gasteiger partial charge is 0.248 e. The first-order valence-corrected chi connectivity index (χ1v) is 2.97. The zero-order valence-electron chi connectivity index (χ0n) is 5.82. The molecule has 0 atom stereocenters. The zero-order valence-corrected chi connectivity index (χ0v) is 5.82. The number of nitrogens with zero attached hydrogens (tertiary/aromatic N) is 2. The molecule has 1 aromatic rings. The molecule has 0 fully saturated rings. The quantitative estimate of drug-likeness (QED) is 0.600. The highest BCUT2D eigenvalue weighted by molar-refractivity contribution is 6.17. The lowest BCUT2D eigenvalue weighted by Gasteiger charge is -1.97. The van der Waals surface area contributed by atoms with Crippen LogP contribution >= 0.6 is 0 Å². The summed E-state index contributed by atoms with van der Waals surface area (Å²) in [5.41, 5.74) is 5.84. The summed E-state index contributed by atoms with van der Waals surface area (Å²) in [5, 5.41) is 7.11. The minimum atomic E-state index is -0.544. The minimum Gasteiger partial charge on any atom is -0.366 e. The molecule has 1 rings (SSSR count). The molecule has 1 aromatic heterocycles. The van der Waals surface area contributed by atoms with Crippen LogP contribution in [0.3, 0.4) is 0 Å². The number of hydrogen-bond donors (Lipinski definition) is 1. The van der Waals surface area contributed by atoms with Crippen molar-refractivity contribution in [1.29, 1.82) is 0 Å². The molecule has 0 saturated carbocycles. The van der Waals surface area contributed by atoms with Crippen LogP contribution in [0, 0.1) is 0 Å². The average molecular weight is 149 g/mol. The molecule has 0 aliphatic rings. The number of carbonyl (C=O) groups is 1. The van der Waals surface area contributed by atoms with Crippen LogP contribution in [0.2, 0.25) is 0 Å². The lowest BCUT2D eigenvalue weighted by Crippen LogP contribution is -2.12. The average Bonchev–Trinajstić information content (AvgIpc) is 2.05. The van der Waals surface area contributed by atoms with Gasteiger partial charge in [-0.05, 0) is 6.07 Å². The second-order valence-corrected chi connectivity index (χ2v) is 1.97. The monoisotopic (exact) mass is 149 g/mol. The van der Waals surface area contributed by atoms with Gasteiger partial charge >= 0.3 is 0 Å². The molecule has 1 amide bonds. The molecule has 56 valence electrons. The SMILES string of the molecule is C=C(C(N)=O)c1ccnnc1. The number of aromatic nitrogens is 2. The number of nitrogens with two attached hydrogens (primary N) is 1. The summed E-state index contributed by atoms with van der Waals surface area (Å²) >= 11 is 0. The molecule has 0 unspecified atom stereocenters. The maximum absolute atomic E-state index is 10.6. The molecule has 0 aromatic carbocycles. The lowest BCUT2D eigenvalue weighted by atomic mass is 10.1. The van der Waals surface area contributed by atoms with Gasteiger partial charge in [-0.1, -0.05) is 6.58 Å². The summed E-state index contributed by atoms with van der Waals surface area (Å²) in [6.45, 7) is 3.48. The number of rotatable bonds is 2. The Balaban J connectivity index is 2.95. The summed E-state index contributed by atoms with van der Waals surface area (Å²) in [6, 6.07) is 1.63. The predicted octanol–water partition coefficient (Wildman–Crippen LogP) is -0.0249. The molecule has 4 heteroatoms. The van der Waals surface area contributed by atoms with E-state index >= 15 is 0 Å². The fraction of sp³-hybridized carbons (Fsp3) is 0. The Morgan fingerprint density at radius 2 is 2.27 bits per heavy atom. The molecule has 11 heavy (non-hydrogen) atoms. The van der Waals surface area contributed by atoms with E-state index in [1.54, 1.807) is 6.07 Å². The van der Waals surface area contributed by atoms with Crippen LogP contribution < -0.4 is 5.73 Å². The van der Waals surface area contributed by atoms with Gasteiger partial charge < -0.3 is 5.73 Å². The van der Waals surface area contributed by atoms with Gasteiger partial charge in [0.05, 0.1) is 12.4 Å². The highest BCUT2D eigenvalue weighted by Crippen LogP contribution is 2.07. The third-order valence-corrected chi connectivity index (χ3v) is 1.23. The molecular weight excluding hydrogens is 142 g/mol. The normalized spacial score (nSPS) is 9.09. The summed E-state index contributed by atoms with van der Waals surface area (Å²) < 4.78 is 0. The van der Waals surface area contributed by atoms with Gasteiger partial charge in [-0.2, -0.15) is 10.2 Å². The fourth-order valence-electron chi connectivity index (χ4n) is 0.611. The topological polar surface area (TPSA) is 68.9 Å². The molecule has 4 nitrogen and oxygen atoms in total. The molecule has 0 aliphatic heterocycles. The third kappa shape index (κ3) is 1.61. The Bertz CT molecular complexity index is 281. The van der Waals surface area contributed by atoms with Crippen molar-refractivity contribution in [2.75, 3.05) is 0 Å². The predicted molar refractivity (Wildman–Crippen MR) is 40.3 cm³/mol. The zero-order chi connectivity index (χ0) is 8.27. The van der Waals surface area contributed by atoms with Gasteiger partial charge in [0.15, 0.2) is 0 Å². The van der Waals surface area contributed by atoms with Crippen molar-refractivity contribution in [2.45, 2.75) is 0 Å². The van der Waals surface area contributed by atoms with Crippen LogP contribution in [0.4, 0.5) is 0 Å². The molecule has 0 bridgehead atoms. The molecule has 0 radical (unpaired) electrons. The largest absolute Gasteiger partial charge is 0.366 e. The van der Waals surface area contributed by atoms with E-state index in [0.29, 0.717) is 5.56 Å². The maximum Gasteiger partial charge on any atom is 0.248 e. The highest BCUT2D eigenvalue weighted by Gasteiger charge is 2.03. The van der Waals surface area contributed by atoms with E-state index in [4.69, 9.17) is 5.73 Å². The van der Waals surface area contributed by atoms with Gasteiger partial charge in [0.2, 0.25) is 5.91 Å². The Morgan fingerprint density at radius 3 is 2.73 bits per heavy atom. The lowest BCUT2D eigenvalue weighted by molar-refractivity contribution is -0.112. The van der Waals surface area contributed by atoms with Crippen molar-refractivity contribution in [3.8, 4) is 0 Å². The van der Waals surface area contributed by atoms with E-state index in [2.05, 4.69) is 16.8 Å². The van der Waals surface area contributed by atoms with Gasteiger partial charge in [-0.15, -0.1) is 0 Å². The van der Waals surface area contributed by atoms with Crippen molar-refractivity contribution >= 4 is 11.5 Å². The van der Waals surface area contributed by atoms with Crippen LogP contribution in [0.25, 0.3) is 5.57 Å². The fourth-order valence-corrected chi connectivity index (χ4v) is 0.611. The molecule has 1 heterocycles. The first kappa shape index (κ1) is 7.40. The standard InChI is InChI=1S/C7H7N3O/c1-5(7(8)11)6-2-3-9-10-4-6/h2-4H,1H2,(H2,8,11). The third-order valence-electron chi connectivity index (χ3n) is 1.23. The van der Waals surface area contributed by atoms with E-state index in [9.17, 15) is 4.79 Å². The number of amides is 1. The Labute approximate surface area is 63.7 Å². The van der Waals surface area contributed by atoms with Crippen LogP contribution in [0.1, 0.15) is 5.56 Å². The molecule has 2 N–H and O–H groups in total. The van der Waals surface area contributed by atoms with E-state index < -0.39 is 5.91 Å². The van der Waals surface area contributed by atoms with Crippen LogP contribution in [0.5, 0.6) is 0 Å². The molecule has 0 spiro atoms. The van der Waals surface area contributed by atoms with Gasteiger partial charge in [0.1, 0.15) is 0 Å². The summed E-state index contributed by atoms with van der Waals surface area (Å²) in [4.78, 5) is 10.6. The van der Waals surface area contributed by atoms with Gasteiger partial charge in [0.25, 0.3) is 0 Å². The van der Waals surface area contributed by atoms with Gasteiger partial charge in [-0.3, -0.25) is 4.79 Å². The van der Waals surface area contributed by atoms with Crippen molar-refractivity contribution in [3.63, 3.8) is 0 Å². The van der Waals surface area contributed by atoms with Crippen LogP contribution in [-0.2, 0) is 4.79 Å². The van der Waals surface area contributed by atoms with Crippen LogP contribution in [0.15, 0.2) is 25.0 Å². The summed E-state index contributed by atoms with van der Waals surface area (Å²) in [7, 11) is 0. The summed E-state index contributed by atoms with van der Waals surface area (Å²) in [6.07, 6.45) is 2.91. The molecule has 0 saturated heterocycles. The number of primary amides is 1. The Kier molecular flexibility index (Phi) is 1.96. The first-order chi connectivity index (χ1) is 5.22.